The SMILES string of the molecule is CCC(C)CCCCCCCCOCCOCCOCCOCCO. The van der Waals surface area contributed by atoms with Crippen LogP contribution in [0.15, 0.2) is 0 Å². The fourth-order valence-electron chi connectivity index (χ4n) is 2.43. The molecule has 152 valence electrons. The van der Waals surface area contributed by atoms with Gasteiger partial charge in [0.2, 0.25) is 0 Å². The third kappa shape index (κ3) is 21.8. The first-order valence-corrected chi connectivity index (χ1v) is 10.2. The molecule has 0 rings (SSSR count). The molecular weight excluding hydrogens is 320 g/mol. The van der Waals surface area contributed by atoms with Gasteiger partial charge >= 0.3 is 0 Å². The highest BCUT2D eigenvalue weighted by Crippen LogP contribution is 2.14. The van der Waals surface area contributed by atoms with Crippen LogP contribution in [0.3, 0.4) is 0 Å². The molecule has 0 saturated heterocycles. The number of hydrogen-bond donors (Lipinski definition) is 1. The minimum Gasteiger partial charge on any atom is -0.394 e. The van der Waals surface area contributed by atoms with Gasteiger partial charge in [-0.05, 0) is 12.3 Å². The molecular formula is C20H42O5. The Balaban J connectivity index is 2.98. The van der Waals surface area contributed by atoms with Crippen molar-refractivity contribution in [2.24, 2.45) is 5.92 Å². The average molecular weight is 363 g/mol. The van der Waals surface area contributed by atoms with E-state index in [1.165, 1.54) is 44.9 Å². The average Bonchev–Trinajstić information content (AvgIpc) is 2.63. The number of aliphatic hydroxyl groups excluding tert-OH is 1. The summed E-state index contributed by atoms with van der Waals surface area (Å²) in [4.78, 5) is 0. The Kier molecular flexibility index (Phi) is 21.7. The quantitative estimate of drug-likeness (QED) is 0.315. The predicted octanol–water partition coefficient (Wildman–Crippen LogP) is 3.82. The van der Waals surface area contributed by atoms with E-state index in [-0.39, 0.29) is 6.61 Å². The monoisotopic (exact) mass is 362 g/mol. The summed E-state index contributed by atoms with van der Waals surface area (Å²) in [5, 5.41) is 8.53. The number of ether oxygens (including phenoxy) is 4. The van der Waals surface area contributed by atoms with Crippen LogP contribution in [0.4, 0.5) is 0 Å². The Morgan fingerprint density at radius 2 is 1.04 bits per heavy atom. The van der Waals surface area contributed by atoms with Gasteiger partial charge in [-0.15, -0.1) is 0 Å². The molecule has 1 unspecified atom stereocenters. The summed E-state index contributed by atoms with van der Waals surface area (Å²) in [6, 6.07) is 0. The molecule has 0 spiro atoms. The first kappa shape index (κ1) is 24.8. The van der Waals surface area contributed by atoms with Crippen molar-refractivity contribution in [2.45, 2.75) is 65.2 Å². The Morgan fingerprint density at radius 1 is 0.600 bits per heavy atom. The summed E-state index contributed by atoms with van der Waals surface area (Å²) < 4.78 is 21.4. The van der Waals surface area contributed by atoms with Gasteiger partial charge in [0.15, 0.2) is 0 Å². The maximum Gasteiger partial charge on any atom is 0.0701 e. The van der Waals surface area contributed by atoms with E-state index < -0.39 is 0 Å². The van der Waals surface area contributed by atoms with Crippen molar-refractivity contribution in [1.29, 1.82) is 0 Å². The van der Waals surface area contributed by atoms with E-state index in [0.717, 1.165) is 18.9 Å². The van der Waals surface area contributed by atoms with E-state index in [0.29, 0.717) is 46.2 Å². The van der Waals surface area contributed by atoms with Gasteiger partial charge in [-0.3, -0.25) is 0 Å². The van der Waals surface area contributed by atoms with Crippen LogP contribution in [-0.4, -0.2) is 64.6 Å². The zero-order valence-corrected chi connectivity index (χ0v) is 16.7. The summed E-state index contributed by atoms with van der Waals surface area (Å²) >= 11 is 0. The van der Waals surface area contributed by atoms with Crippen LogP contribution in [0, 0.1) is 5.92 Å². The van der Waals surface area contributed by atoms with E-state index in [2.05, 4.69) is 13.8 Å². The maximum absolute atomic E-state index is 8.53. The molecule has 0 heterocycles. The highest BCUT2D eigenvalue weighted by atomic mass is 16.6. The zero-order valence-electron chi connectivity index (χ0n) is 16.7. The summed E-state index contributed by atoms with van der Waals surface area (Å²) in [5.74, 6) is 0.896. The number of hydrogen-bond acceptors (Lipinski definition) is 5. The van der Waals surface area contributed by atoms with E-state index >= 15 is 0 Å². The van der Waals surface area contributed by atoms with E-state index in [1.54, 1.807) is 0 Å². The van der Waals surface area contributed by atoms with Gasteiger partial charge < -0.3 is 24.1 Å². The largest absolute Gasteiger partial charge is 0.394 e. The molecule has 25 heavy (non-hydrogen) atoms. The molecule has 0 aliphatic rings. The van der Waals surface area contributed by atoms with Crippen molar-refractivity contribution in [3.63, 3.8) is 0 Å². The van der Waals surface area contributed by atoms with Crippen molar-refractivity contribution < 1.29 is 24.1 Å². The van der Waals surface area contributed by atoms with Crippen LogP contribution in [0.1, 0.15) is 65.2 Å². The van der Waals surface area contributed by atoms with Crippen LogP contribution in [-0.2, 0) is 18.9 Å². The van der Waals surface area contributed by atoms with Crippen LogP contribution in [0.5, 0.6) is 0 Å². The van der Waals surface area contributed by atoms with Gasteiger partial charge in [0, 0.05) is 6.61 Å². The van der Waals surface area contributed by atoms with Gasteiger partial charge in [0.1, 0.15) is 0 Å². The summed E-state index contributed by atoms with van der Waals surface area (Å²) in [6.07, 6.45) is 10.6. The molecule has 0 bridgehead atoms. The number of unbranched alkanes of at least 4 members (excludes halogenated alkanes) is 5. The van der Waals surface area contributed by atoms with Crippen LogP contribution in [0.2, 0.25) is 0 Å². The van der Waals surface area contributed by atoms with Gasteiger partial charge in [-0.25, -0.2) is 0 Å². The molecule has 5 nitrogen and oxygen atoms in total. The second kappa shape index (κ2) is 21.8. The Morgan fingerprint density at radius 3 is 1.56 bits per heavy atom. The van der Waals surface area contributed by atoms with Gasteiger partial charge in [-0.2, -0.15) is 0 Å². The Bertz CT molecular complexity index is 238. The van der Waals surface area contributed by atoms with Gasteiger partial charge in [0.05, 0.1) is 52.9 Å². The molecule has 1 N–H and O–H groups in total. The second-order valence-corrected chi connectivity index (χ2v) is 6.60. The zero-order chi connectivity index (χ0) is 18.4. The first-order valence-electron chi connectivity index (χ1n) is 10.2. The van der Waals surface area contributed by atoms with Gasteiger partial charge in [-0.1, -0.05) is 58.8 Å². The van der Waals surface area contributed by atoms with E-state index in [9.17, 15) is 0 Å². The van der Waals surface area contributed by atoms with Crippen LogP contribution < -0.4 is 0 Å². The smallest absolute Gasteiger partial charge is 0.0701 e. The first-order chi connectivity index (χ1) is 12.3. The number of aliphatic hydroxyl groups is 1. The molecule has 0 aliphatic heterocycles. The van der Waals surface area contributed by atoms with Crippen molar-refractivity contribution in [3.05, 3.63) is 0 Å². The lowest BCUT2D eigenvalue weighted by molar-refractivity contribution is -0.00577. The predicted molar refractivity (Wildman–Crippen MR) is 102 cm³/mol. The summed E-state index contributed by atoms with van der Waals surface area (Å²) in [7, 11) is 0. The highest BCUT2D eigenvalue weighted by Gasteiger charge is 1.98. The third-order valence-electron chi connectivity index (χ3n) is 4.28. The van der Waals surface area contributed by atoms with Crippen LogP contribution in [0.25, 0.3) is 0 Å². The fraction of sp³-hybridized carbons (Fsp3) is 1.00. The van der Waals surface area contributed by atoms with E-state index in [1.807, 2.05) is 0 Å². The maximum atomic E-state index is 8.53. The van der Waals surface area contributed by atoms with E-state index in [4.69, 9.17) is 24.1 Å². The molecule has 0 aliphatic carbocycles. The summed E-state index contributed by atoms with van der Waals surface area (Å²) in [5.41, 5.74) is 0. The lowest BCUT2D eigenvalue weighted by Crippen LogP contribution is -2.12. The molecule has 5 heteroatoms. The standard InChI is InChI=1S/C20H42O5/c1-3-20(2)10-8-6-4-5-7-9-12-22-14-16-24-18-19-25-17-15-23-13-11-21/h20-21H,3-19H2,1-2H3. The molecule has 0 saturated carbocycles. The Hall–Kier alpha value is -0.200. The lowest BCUT2D eigenvalue weighted by Gasteiger charge is -2.08. The topological polar surface area (TPSA) is 57.2 Å². The minimum atomic E-state index is 0.0570. The minimum absolute atomic E-state index is 0.0570. The van der Waals surface area contributed by atoms with Gasteiger partial charge in [0.25, 0.3) is 0 Å². The van der Waals surface area contributed by atoms with Crippen molar-refractivity contribution in [3.8, 4) is 0 Å². The van der Waals surface area contributed by atoms with Crippen molar-refractivity contribution in [2.75, 3.05) is 59.5 Å². The normalized spacial score (nSPS) is 12.6. The molecule has 0 aromatic rings. The fourth-order valence-corrected chi connectivity index (χ4v) is 2.43. The number of rotatable bonds is 21. The third-order valence-corrected chi connectivity index (χ3v) is 4.28. The highest BCUT2D eigenvalue weighted by molar-refractivity contribution is 4.51. The molecule has 0 aromatic heterocycles. The Labute approximate surface area is 155 Å². The molecule has 0 amide bonds. The van der Waals surface area contributed by atoms with Crippen molar-refractivity contribution >= 4 is 0 Å². The molecule has 0 aromatic carbocycles. The molecule has 1 atom stereocenters. The molecule has 0 radical (unpaired) electrons. The van der Waals surface area contributed by atoms with Crippen LogP contribution >= 0.6 is 0 Å². The van der Waals surface area contributed by atoms with Crippen molar-refractivity contribution in [1.82, 2.24) is 0 Å². The second-order valence-electron chi connectivity index (χ2n) is 6.60. The molecule has 0 fully saturated rings. The lowest BCUT2D eigenvalue weighted by atomic mass is 10.00. The summed E-state index contributed by atoms with van der Waals surface area (Å²) in [6.45, 7) is 9.39.